The van der Waals surface area contributed by atoms with Crippen LogP contribution in [0.3, 0.4) is 0 Å². The molecule has 3 aliphatic rings. The molecule has 0 aromatic heterocycles. The van der Waals surface area contributed by atoms with Crippen LogP contribution in [0.25, 0.3) is 0 Å². The molecule has 4 atom stereocenters. The number of aliphatic hydroxyl groups is 3. The van der Waals surface area contributed by atoms with Gasteiger partial charge in [0.25, 0.3) is 0 Å². The third-order valence-corrected chi connectivity index (χ3v) is 3.66. The fourth-order valence-corrected chi connectivity index (χ4v) is 2.25. The van der Waals surface area contributed by atoms with Crippen molar-refractivity contribution in [3.05, 3.63) is 24.3 Å². The van der Waals surface area contributed by atoms with Gasteiger partial charge in [-0.15, -0.1) is 0 Å². The van der Waals surface area contributed by atoms with Gasteiger partial charge in [-0.1, -0.05) is 24.3 Å². The summed E-state index contributed by atoms with van der Waals surface area (Å²) < 4.78 is 19.6. The number of carbonyl (C=O) groups is 1. The van der Waals surface area contributed by atoms with Gasteiger partial charge in [0.1, 0.15) is 18.3 Å². The third-order valence-electron chi connectivity index (χ3n) is 3.66. The first-order valence-electron chi connectivity index (χ1n) is 8.88. The van der Waals surface area contributed by atoms with E-state index < -0.39 is 30.4 Å². The van der Waals surface area contributed by atoms with Crippen LogP contribution in [0.4, 0.5) is 0 Å². The number of hydrogen-bond donors (Lipinski definition) is 3. The average Bonchev–Trinajstić information content (AvgIpc) is 3.23. The Morgan fingerprint density at radius 1 is 1.11 bits per heavy atom. The molecule has 3 aliphatic heterocycles. The number of esters is 1. The molecule has 0 bridgehead atoms. The van der Waals surface area contributed by atoms with Crippen molar-refractivity contribution in [2.24, 2.45) is 0 Å². The van der Waals surface area contributed by atoms with Gasteiger partial charge in [-0.05, 0) is 19.8 Å². The Morgan fingerprint density at radius 3 is 2.07 bits per heavy atom. The van der Waals surface area contributed by atoms with Crippen molar-refractivity contribution in [2.45, 2.75) is 44.2 Å². The van der Waals surface area contributed by atoms with E-state index in [2.05, 4.69) is 0 Å². The van der Waals surface area contributed by atoms with Gasteiger partial charge in [0.2, 0.25) is 0 Å². The van der Waals surface area contributed by atoms with Crippen LogP contribution < -0.4 is 18.9 Å². The van der Waals surface area contributed by atoms with E-state index in [0.29, 0.717) is 19.8 Å². The molecule has 0 amide bonds. The minimum absolute atomic E-state index is 0. The SMILES string of the molecule is C1CCOC1.CCOC(=O)[C@@H]1OCC=C[C@@H]1O.OC[C@@H]1OCC=C[C@@H]1O.[AlH3].[H-].[Li+]. The third kappa shape index (κ3) is 12.4. The molecule has 0 saturated carbocycles. The number of carbonyl (C=O) groups excluding carboxylic acids is 1. The fraction of sp³-hybridized carbons (Fsp3) is 0.722. The average molecular weight is 412 g/mol. The van der Waals surface area contributed by atoms with Gasteiger partial charge in [0.15, 0.2) is 23.5 Å². The second kappa shape index (κ2) is 18.8. The van der Waals surface area contributed by atoms with Crippen molar-refractivity contribution >= 4 is 23.3 Å². The Kier molecular flexibility index (Phi) is 20.2. The quantitative estimate of drug-likeness (QED) is 0.244. The van der Waals surface area contributed by atoms with Gasteiger partial charge < -0.3 is 35.7 Å². The first-order valence-corrected chi connectivity index (χ1v) is 8.88. The van der Waals surface area contributed by atoms with Crippen LogP contribution in [0.15, 0.2) is 24.3 Å². The Hall–Kier alpha value is -0.160. The number of ether oxygens (including phenoxy) is 4. The second-order valence-electron chi connectivity index (χ2n) is 5.72. The predicted molar refractivity (Wildman–Crippen MR) is 105 cm³/mol. The molecule has 28 heavy (non-hydrogen) atoms. The Labute approximate surface area is 190 Å². The normalized spacial score (nSPS) is 27.7. The molecule has 0 aliphatic carbocycles. The number of rotatable bonds is 3. The molecule has 1 saturated heterocycles. The standard InChI is InChI=1S/C8H12O4.C6H10O3.C4H8O.Al.Li.4H/c1-2-11-8(10)7-6(9)4-3-5-12-7;7-4-6-5(8)2-1-3-9-6;1-2-4-5-3-1;;;;;;/h3-4,6-7,9H,2,5H2,1H3;1-2,5-8H,3-4H2;1-4H2;;;;;;/q;;;;+1;;;;-1/t6-,7+;5-,6-;;;;;;;/m00......./s1. The number of hydrogen-bond acceptors (Lipinski definition) is 8. The molecular weight excluding hydrogens is 378 g/mol. The van der Waals surface area contributed by atoms with Crippen LogP contribution in [-0.4, -0.2) is 103 Å². The molecule has 0 radical (unpaired) electrons. The maximum atomic E-state index is 11.1. The van der Waals surface area contributed by atoms with E-state index in [1.165, 1.54) is 18.9 Å². The Balaban J connectivity index is -0.000000355. The van der Waals surface area contributed by atoms with Gasteiger partial charge in [-0.3, -0.25) is 0 Å². The van der Waals surface area contributed by atoms with Crippen molar-refractivity contribution in [3.63, 3.8) is 0 Å². The molecule has 0 aromatic carbocycles. The summed E-state index contributed by atoms with van der Waals surface area (Å²) in [5.74, 6) is -0.505. The minimum atomic E-state index is -0.877. The van der Waals surface area contributed by atoms with Crippen LogP contribution in [-0.2, 0) is 23.7 Å². The zero-order valence-corrected chi connectivity index (χ0v) is 16.2. The first kappa shape index (κ1) is 30.0. The summed E-state index contributed by atoms with van der Waals surface area (Å²) in [5, 5.41) is 26.8. The molecule has 10 heteroatoms. The molecule has 0 aromatic rings. The van der Waals surface area contributed by atoms with Crippen molar-refractivity contribution in [1.82, 2.24) is 0 Å². The van der Waals surface area contributed by atoms with Crippen LogP contribution in [0.5, 0.6) is 0 Å². The summed E-state index contributed by atoms with van der Waals surface area (Å²) in [6.07, 6.45) is 6.33. The van der Waals surface area contributed by atoms with Crippen LogP contribution in [0.1, 0.15) is 21.2 Å². The van der Waals surface area contributed by atoms with Crippen LogP contribution >= 0.6 is 0 Å². The molecule has 8 nitrogen and oxygen atoms in total. The summed E-state index contributed by atoms with van der Waals surface area (Å²) in [7, 11) is 0. The maximum Gasteiger partial charge on any atom is 1.00 e. The molecule has 3 heterocycles. The minimum Gasteiger partial charge on any atom is -1.00 e. The largest absolute Gasteiger partial charge is 1.00 e. The van der Waals surface area contributed by atoms with Crippen molar-refractivity contribution < 1.29 is 59.3 Å². The van der Waals surface area contributed by atoms with E-state index in [4.69, 9.17) is 29.2 Å². The van der Waals surface area contributed by atoms with Gasteiger partial charge in [0, 0.05) is 13.2 Å². The van der Waals surface area contributed by atoms with Gasteiger partial charge in [-0.25, -0.2) is 4.79 Å². The summed E-state index contributed by atoms with van der Waals surface area (Å²) in [5.41, 5.74) is 0. The van der Waals surface area contributed by atoms with E-state index in [0.717, 1.165) is 13.2 Å². The van der Waals surface area contributed by atoms with E-state index in [9.17, 15) is 9.90 Å². The van der Waals surface area contributed by atoms with E-state index in [1.807, 2.05) is 0 Å². The first-order chi connectivity index (χ1) is 12.6. The van der Waals surface area contributed by atoms with E-state index in [-0.39, 0.29) is 44.3 Å². The Bertz CT molecular complexity index is 444. The van der Waals surface area contributed by atoms with Gasteiger partial charge >= 0.3 is 24.8 Å². The zero-order valence-electron chi connectivity index (χ0n) is 17.2. The fourth-order valence-electron chi connectivity index (χ4n) is 2.25. The molecule has 0 spiro atoms. The van der Waals surface area contributed by atoms with E-state index >= 15 is 0 Å². The summed E-state index contributed by atoms with van der Waals surface area (Å²) >= 11 is 0. The zero-order chi connectivity index (χ0) is 19.2. The topological polar surface area (TPSA) is 115 Å². The monoisotopic (exact) mass is 412 g/mol. The van der Waals surface area contributed by atoms with Crippen molar-refractivity contribution in [2.75, 3.05) is 39.6 Å². The number of aliphatic hydroxyl groups excluding tert-OH is 3. The smallest absolute Gasteiger partial charge is 1.00 e. The molecule has 158 valence electrons. The van der Waals surface area contributed by atoms with Crippen LogP contribution in [0.2, 0.25) is 0 Å². The molecular formula is C18H34AlLiO8. The van der Waals surface area contributed by atoms with Gasteiger partial charge in [0.05, 0.1) is 26.4 Å². The Morgan fingerprint density at radius 2 is 1.68 bits per heavy atom. The summed E-state index contributed by atoms with van der Waals surface area (Å²) in [6.45, 7) is 4.73. The molecule has 3 N–H and O–H groups in total. The second-order valence-corrected chi connectivity index (χ2v) is 5.72. The van der Waals surface area contributed by atoms with E-state index in [1.54, 1.807) is 25.2 Å². The molecule has 3 rings (SSSR count). The molecule has 1 fully saturated rings. The molecule has 0 unspecified atom stereocenters. The van der Waals surface area contributed by atoms with Crippen molar-refractivity contribution in [3.8, 4) is 0 Å². The summed E-state index contributed by atoms with van der Waals surface area (Å²) in [6, 6.07) is 0. The van der Waals surface area contributed by atoms with Gasteiger partial charge in [-0.2, -0.15) is 0 Å². The summed E-state index contributed by atoms with van der Waals surface area (Å²) in [4.78, 5) is 11.1. The van der Waals surface area contributed by atoms with Crippen molar-refractivity contribution in [1.29, 1.82) is 0 Å². The maximum absolute atomic E-state index is 11.1. The van der Waals surface area contributed by atoms with Crippen LogP contribution in [0, 0.1) is 0 Å². The predicted octanol–water partition coefficient (Wildman–Crippen LogP) is -4.11.